The third kappa shape index (κ3) is 32.6. The van der Waals surface area contributed by atoms with Crippen LogP contribution in [0, 0.1) is 0 Å². The molecule has 0 aromatic carbocycles. The third-order valence-corrected chi connectivity index (χ3v) is 6.59. The van der Waals surface area contributed by atoms with E-state index in [2.05, 4.69) is 26.3 Å². The topological polar surface area (TPSA) is 89.5 Å². The average molecular weight is 671 g/mol. The number of ether oxygens (including phenoxy) is 6. The molecule has 0 unspecified atom stereocenters. The van der Waals surface area contributed by atoms with Crippen LogP contribution in [0.2, 0.25) is 0 Å². The Morgan fingerprint density at radius 3 is 0.938 bits per heavy atom. The van der Waals surface area contributed by atoms with E-state index in [1.807, 2.05) is 72.9 Å². The Balaban J connectivity index is 4.71. The standard InChI is InChI=1S/C40H62O8/c1-5-9-13-17-21-25-31-43-39(44-32-26-22-18-14-10-6-2)35-47-37(41)29-30-38(42)48-36-40(45-33-27-23-19-15-11-7-3)46-34-28-24-20-16-12-8-4/h5-8,21-28,39-40H,1-4,9-20,29-36H2. The van der Waals surface area contributed by atoms with Gasteiger partial charge in [-0.1, -0.05) is 72.9 Å². The van der Waals surface area contributed by atoms with Gasteiger partial charge in [-0.2, -0.15) is 0 Å². The minimum Gasteiger partial charge on any atom is -0.460 e. The Bertz CT molecular complexity index is 817. The van der Waals surface area contributed by atoms with Gasteiger partial charge in [0.2, 0.25) is 0 Å². The number of hydrogen-bond donors (Lipinski definition) is 0. The van der Waals surface area contributed by atoms with Gasteiger partial charge in [-0.05, 0) is 77.0 Å². The SMILES string of the molecule is C=CCCCC=CCOC(COC(=O)CCC(=O)OCC(OCC=CCCCC=C)OCC=CCCCC=C)OCC=CCCCC=C. The van der Waals surface area contributed by atoms with Gasteiger partial charge in [0, 0.05) is 0 Å². The van der Waals surface area contributed by atoms with Crippen molar-refractivity contribution in [3.63, 3.8) is 0 Å². The Hall–Kier alpha value is -3.30. The van der Waals surface area contributed by atoms with Crippen LogP contribution < -0.4 is 0 Å². The number of esters is 2. The number of unbranched alkanes of at least 4 members (excludes halogenated alkanes) is 8. The summed E-state index contributed by atoms with van der Waals surface area (Å²) in [6, 6.07) is 0. The molecule has 0 amide bonds. The van der Waals surface area contributed by atoms with E-state index < -0.39 is 24.5 Å². The van der Waals surface area contributed by atoms with E-state index in [-0.39, 0.29) is 26.1 Å². The van der Waals surface area contributed by atoms with E-state index in [1.165, 1.54) is 0 Å². The maximum absolute atomic E-state index is 12.4. The van der Waals surface area contributed by atoms with E-state index in [1.54, 1.807) is 0 Å². The summed E-state index contributed by atoms with van der Waals surface area (Å²) >= 11 is 0. The van der Waals surface area contributed by atoms with Crippen LogP contribution in [-0.4, -0.2) is 64.2 Å². The molecule has 270 valence electrons. The van der Waals surface area contributed by atoms with Gasteiger partial charge in [-0.15, -0.1) is 26.3 Å². The number of carbonyl (C=O) groups is 2. The molecule has 0 aromatic rings. The monoisotopic (exact) mass is 670 g/mol. The highest BCUT2D eigenvalue weighted by atomic mass is 16.7. The van der Waals surface area contributed by atoms with Crippen molar-refractivity contribution in [1.29, 1.82) is 0 Å². The molecule has 0 bridgehead atoms. The number of allylic oxidation sites excluding steroid dienone is 8. The van der Waals surface area contributed by atoms with Crippen molar-refractivity contribution >= 4 is 11.9 Å². The van der Waals surface area contributed by atoms with Crippen molar-refractivity contribution in [2.24, 2.45) is 0 Å². The second-order valence-corrected chi connectivity index (χ2v) is 10.8. The van der Waals surface area contributed by atoms with Gasteiger partial charge >= 0.3 is 11.9 Å². The lowest BCUT2D eigenvalue weighted by atomic mass is 10.2. The molecule has 0 spiro atoms. The maximum atomic E-state index is 12.4. The number of hydrogen-bond acceptors (Lipinski definition) is 8. The summed E-state index contributed by atoms with van der Waals surface area (Å²) < 4.78 is 33.8. The van der Waals surface area contributed by atoms with Crippen molar-refractivity contribution in [3.05, 3.63) is 99.2 Å². The zero-order valence-electron chi connectivity index (χ0n) is 29.3. The van der Waals surface area contributed by atoms with Gasteiger partial charge in [-0.25, -0.2) is 0 Å². The molecule has 0 N–H and O–H groups in total. The van der Waals surface area contributed by atoms with Crippen LogP contribution in [0.3, 0.4) is 0 Å². The summed E-state index contributed by atoms with van der Waals surface area (Å²) in [7, 11) is 0. The van der Waals surface area contributed by atoms with E-state index in [0.717, 1.165) is 77.0 Å². The molecule has 0 radical (unpaired) electrons. The molecular formula is C40H62O8. The highest BCUT2D eigenvalue weighted by molar-refractivity contribution is 5.77. The van der Waals surface area contributed by atoms with Crippen LogP contribution in [0.5, 0.6) is 0 Å². The van der Waals surface area contributed by atoms with Gasteiger partial charge in [0.05, 0.1) is 39.3 Å². The number of carbonyl (C=O) groups excluding carboxylic acids is 2. The lowest BCUT2D eigenvalue weighted by Gasteiger charge is -2.18. The fraction of sp³-hybridized carbons (Fsp3) is 0.550. The zero-order chi connectivity index (χ0) is 35.2. The van der Waals surface area contributed by atoms with Crippen LogP contribution in [0.15, 0.2) is 99.2 Å². The fourth-order valence-corrected chi connectivity index (χ4v) is 3.87. The van der Waals surface area contributed by atoms with Gasteiger partial charge < -0.3 is 28.4 Å². The molecule has 0 aromatic heterocycles. The first-order valence-electron chi connectivity index (χ1n) is 17.4. The Kier molecular flexibility index (Phi) is 34.0. The first kappa shape index (κ1) is 44.7. The Labute approximate surface area is 290 Å². The Morgan fingerprint density at radius 2 is 0.688 bits per heavy atom. The molecule has 0 aliphatic heterocycles. The molecule has 8 nitrogen and oxygen atoms in total. The van der Waals surface area contributed by atoms with Crippen LogP contribution in [0.1, 0.15) is 89.9 Å². The van der Waals surface area contributed by atoms with Crippen molar-refractivity contribution in [1.82, 2.24) is 0 Å². The average Bonchev–Trinajstić information content (AvgIpc) is 3.09. The lowest BCUT2D eigenvalue weighted by molar-refractivity contribution is -0.179. The Morgan fingerprint density at radius 1 is 0.417 bits per heavy atom. The second kappa shape index (κ2) is 36.5. The van der Waals surface area contributed by atoms with Crippen molar-refractivity contribution in [3.8, 4) is 0 Å². The van der Waals surface area contributed by atoms with Crippen LogP contribution in [0.4, 0.5) is 0 Å². The van der Waals surface area contributed by atoms with E-state index in [4.69, 9.17) is 28.4 Å². The normalized spacial score (nSPS) is 12.9. The van der Waals surface area contributed by atoms with E-state index in [9.17, 15) is 9.59 Å². The van der Waals surface area contributed by atoms with Crippen molar-refractivity contribution in [2.45, 2.75) is 102 Å². The van der Waals surface area contributed by atoms with Gasteiger partial charge in [0.15, 0.2) is 12.6 Å². The first-order chi connectivity index (χ1) is 23.6. The summed E-state index contributed by atoms with van der Waals surface area (Å²) in [5.41, 5.74) is 0. The largest absolute Gasteiger partial charge is 0.460 e. The molecule has 0 heterocycles. The molecule has 0 aliphatic rings. The minimum atomic E-state index is -0.737. The molecule has 0 aliphatic carbocycles. The highest BCUT2D eigenvalue weighted by Gasteiger charge is 2.16. The molecule has 48 heavy (non-hydrogen) atoms. The van der Waals surface area contributed by atoms with E-state index >= 15 is 0 Å². The smallest absolute Gasteiger partial charge is 0.306 e. The summed E-state index contributed by atoms with van der Waals surface area (Å²) in [6.45, 7) is 16.0. The van der Waals surface area contributed by atoms with Crippen LogP contribution in [0.25, 0.3) is 0 Å². The number of rotatable bonds is 35. The molecule has 0 rings (SSSR count). The highest BCUT2D eigenvalue weighted by Crippen LogP contribution is 2.06. The van der Waals surface area contributed by atoms with Gasteiger partial charge in [0.25, 0.3) is 0 Å². The molecule has 0 fully saturated rings. The van der Waals surface area contributed by atoms with E-state index in [0.29, 0.717) is 26.4 Å². The van der Waals surface area contributed by atoms with Crippen LogP contribution >= 0.6 is 0 Å². The summed E-state index contributed by atoms with van der Waals surface area (Å²) in [5, 5.41) is 0. The fourth-order valence-electron chi connectivity index (χ4n) is 3.87. The first-order valence-corrected chi connectivity index (χ1v) is 17.4. The molecule has 0 saturated carbocycles. The minimum absolute atomic E-state index is 0.0888. The van der Waals surface area contributed by atoms with Crippen molar-refractivity contribution < 1.29 is 38.0 Å². The lowest BCUT2D eigenvalue weighted by Crippen LogP contribution is -2.27. The molecule has 8 heteroatoms. The molecule has 0 atom stereocenters. The third-order valence-electron chi connectivity index (χ3n) is 6.59. The molecular weight excluding hydrogens is 608 g/mol. The quantitative estimate of drug-likeness (QED) is 0.0285. The predicted octanol–water partition coefficient (Wildman–Crippen LogP) is 9.22. The predicted molar refractivity (Wildman–Crippen MR) is 195 cm³/mol. The summed E-state index contributed by atoms with van der Waals surface area (Å²) in [6.07, 6.45) is 33.4. The summed E-state index contributed by atoms with van der Waals surface area (Å²) in [5.74, 6) is -1.09. The van der Waals surface area contributed by atoms with Gasteiger partial charge in [0.1, 0.15) is 13.2 Å². The second-order valence-electron chi connectivity index (χ2n) is 10.8. The molecule has 0 saturated heterocycles. The summed E-state index contributed by atoms with van der Waals surface area (Å²) in [4.78, 5) is 24.8. The maximum Gasteiger partial charge on any atom is 0.306 e. The van der Waals surface area contributed by atoms with Crippen molar-refractivity contribution in [2.75, 3.05) is 39.6 Å². The van der Waals surface area contributed by atoms with Crippen LogP contribution in [-0.2, 0) is 38.0 Å². The zero-order valence-corrected chi connectivity index (χ0v) is 29.3. The van der Waals surface area contributed by atoms with Gasteiger partial charge in [-0.3, -0.25) is 9.59 Å².